The summed E-state index contributed by atoms with van der Waals surface area (Å²) in [6, 6.07) is 12.1. The number of amides is 1. The zero-order valence-electron chi connectivity index (χ0n) is 17.6. The number of carbonyl (C=O) groups excluding carboxylic acids is 1. The van der Waals surface area contributed by atoms with Gasteiger partial charge in [0.2, 0.25) is 0 Å². The van der Waals surface area contributed by atoms with Crippen LogP contribution in [0.2, 0.25) is 0 Å². The minimum Gasteiger partial charge on any atom is -0.435 e. The molecule has 3 rings (SSSR count). The highest BCUT2D eigenvalue weighted by Gasteiger charge is 2.49. The Labute approximate surface area is 180 Å². The summed E-state index contributed by atoms with van der Waals surface area (Å²) in [6.45, 7) is -0.690. The molecule has 2 N–H and O–H groups in total. The van der Waals surface area contributed by atoms with Gasteiger partial charge in [-0.05, 0) is 53.8 Å². The zero-order chi connectivity index (χ0) is 22.6. The first-order valence-electron chi connectivity index (χ1n) is 9.75. The van der Waals surface area contributed by atoms with Gasteiger partial charge in [0.25, 0.3) is 5.91 Å². The second kappa shape index (κ2) is 9.26. The van der Waals surface area contributed by atoms with Crippen LogP contribution in [0.15, 0.2) is 53.5 Å². The molecule has 2 aromatic rings. The van der Waals surface area contributed by atoms with Gasteiger partial charge in [-0.1, -0.05) is 36.4 Å². The summed E-state index contributed by atoms with van der Waals surface area (Å²) in [7, 11) is 3.20. The van der Waals surface area contributed by atoms with Crippen molar-refractivity contribution in [2.24, 2.45) is 10.7 Å². The summed E-state index contributed by atoms with van der Waals surface area (Å²) >= 11 is 0. The van der Waals surface area contributed by atoms with Gasteiger partial charge in [0, 0.05) is 20.8 Å². The van der Waals surface area contributed by atoms with Crippen LogP contribution in [0.1, 0.15) is 28.7 Å². The van der Waals surface area contributed by atoms with E-state index in [2.05, 4.69) is 9.73 Å². The molecule has 1 atom stereocenters. The van der Waals surface area contributed by atoms with Gasteiger partial charge in [-0.15, -0.1) is 0 Å². The second-order valence-electron chi connectivity index (χ2n) is 7.21. The molecule has 1 amide bonds. The highest BCUT2D eigenvalue weighted by atomic mass is 19.3. The van der Waals surface area contributed by atoms with Crippen LogP contribution < -0.4 is 10.5 Å². The van der Waals surface area contributed by atoms with E-state index in [0.717, 1.165) is 12.0 Å². The number of hydrogen-bond donors (Lipinski definition) is 1. The summed E-state index contributed by atoms with van der Waals surface area (Å²) in [4.78, 5) is 19.2. The lowest BCUT2D eigenvalue weighted by Crippen LogP contribution is -2.41. The van der Waals surface area contributed by atoms with Crippen molar-refractivity contribution in [2.75, 3.05) is 20.8 Å². The molecule has 0 radical (unpaired) electrons. The van der Waals surface area contributed by atoms with Gasteiger partial charge in [-0.3, -0.25) is 9.69 Å². The number of benzene rings is 2. The minimum atomic E-state index is -2.94. The third-order valence-corrected chi connectivity index (χ3v) is 5.15. The lowest BCUT2D eigenvalue weighted by atomic mass is 9.81. The quantitative estimate of drug-likeness (QED) is 0.650. The Kier molecular flexibility index (Phi) is 6.70. The van der Waals surface area contributed by atoms with E-state index in [4.69, 9.17) is 10.5 Å². The molecule has 0 saturated carbocycles. The molecule has 0 bridgehead atoms. The first-order valence-corrected chi connectivity index (χ1v) is 9.75. The van der Waals surface area contributed by atoms with Crippen molar-refractivity contribution in [1.29, 1.82) is 0 Å². The standard InChI is InChI=1S/C23H25F2N3O3/c1-15-13-18(10-11-19(15)31-21(24)25)23(20(29)28(2)22(26)27-23)17-9-6-8-16(14-17)7-4-5-12-30-3/h4,6-11,13-14,21H,5,12H2,1-3H3,(H2,26,27). The predicted molar refractivity (Wildman–Crippen MR) is 115 cm³/mol. The van der Waals surface area contributed by atoms with Crippen LogP contribution in [-0.2, 0) is 15.1 Å². The SMILES string of the molecule is COCCC=Cc1cccc(C2(c3ccc(OC(F)F)c(C)c3)N=C(N)N(C)C2=O)c1. The molecule has 0 aromatic heterocycles. The first-order chi connectivity index (χ1) is 14.8. The Morgan fingerprint density at radius 2 is 1.97 bits per heavy atom. The topological polar surface area (TPSA) is 77.2 Å². The number of halogens is 2. The second-order valence-corrected chi connectivity index (χ2v) is 7.21. The Morgan fingerprint density at radius 3 is 2.58 bits per heavy atom. The number of nitrogens with zero attached hydrogens (tertiary/aromatic N) is 2. The van der Waals surface area contributed by atoms with Crippen molar-refractivity contribution in [3.8, 4) is 5.75 Å². The van der Waals surface area contributed by atoms with Gasteiger partial charge in [-0.25, -0.2) is 4.99 Å². The highest BCUT2D eigenvalue weighted by molar-refractivity contribution is 6.09. The van der Waals surface area contributed by atoms with E-state index in [9.17, 15) is 13.6 Å². The van der Waals surface area contributed by atoms with E-state index in [-0.39, 0.29) is 17.6 Å². The van der Waals surface area contributed by atoms with E-state index in [0.29, 0.717) is 23.3 Å². The van der Waals surface area contributed by atoms with Crippen molar-refractivity contribution < 1.29 is 23.0 Å². The monoisotopic (exact) mass is 429 g/mol. The number of hydrogen-bond acceptors (Lipinski definition) is 5. The predicted octanol–water partition coefficient (Wildman–Crippen LogP) is 3.68. The molecule has 6 nitrogen and oxygen atoms in total. The maximum absolute atomic E-state index is 13.4. The zero-order valence-corrected chi connectivity index (χ0v) is 17.6. The van der Waals surface area contributed by atoms with Crippen LogP contribution in [-0.4, -0.2) is 44.1 Å². The summed E-state index contributed by atoms with van der Waals surface area (Å²) in [5.41, 5.74) is 7.09. The number of likely N-dealkylation sites (N-methyl/N-ethyl adjacent to an activating group) is 1. The van der Waals surface area contributed by atoms with Gasteiger partial charge < -0.3 is 15.2 Å². The highest BCUT2D eigenvalue weighted by Crippen LogP contribution is 2.41. The minimum absolute atomic E-state index is 0.0412. The van der Waals surface area contributed by atoms with Crippen molar-refractivity contribution in [1.82, 2.24) is 4.90 Å². The number of aliphatic imine (C=N–C) groups is 1. The molecule has 0 saturated heterocycles. The van der Waals surface area contributed by atoms with Gasteiger partial charge in [0.1, 0.15) is 5.75 Å². The fraction of sp³-hybridized carbons (Fsp3) is 0.304. The molecule has 8 heteroatoms. The summed E-state index contributed by atoms with van der Waals surface area (Å²) < 4.78 is 34.9. The van der Waals surface area contributed by atoms with E-state index in [1.165, 1.54) is 11.0 Å². The molecular formula is C23H25F2N3O3. The largest absolute Gasteiger partial charge is 0.435 e. The fourth-order valence-corrected chi connectivity index (χ4v) is 3.56. The molecule has 0 aliphatic carbocycles. The Hall–Kier alpha value is -3.26. The molecule has 164 valence electrons. The first kappa shape index (κ1) is 22.4. The normalized spacial score (nSPS) is 18.8. The maximum Gasteiger partial charge on any atom is 0.387 e. The van der Waals surface area contributed by atoms with Gasteiger partial charge in [0.05, 0.1) is 0 Å². The number of aryl methyl sites for hydroxylation is 1. The number of carbonyl (C=O) groups is 1. The number of nitrogens with two attached hydrogens (primary N) is 1. The number of ether oxygens (including phenoxy) is 2. The molecule has 0 spiro atoms. The Morgan fingerprint density at radius 1 is 1.23 bits per heavy atom. The van der Waals surface area contributed by atoms with Crippen LogP contribution >= 0.6 is 0 Å². The smallest absolute Gasteiger partial charge is 0.387 e. The van der Waals surface area contributed by atoms with Crippen molar-refractivity contribution in [3.63, 3.8) is 0 Å². The maximum atomic E-state index is 13.4. The molecule has 0 fully saturated rings. The average Bonchev–Trinajstić information content (AvgIpc) is 2.97. The van der Waals surface area contributed by atoms with Crippen LogP contribution in [0, 0.1) is 6.92 Å². The molecular weight excluding hydrogens is 404 g/mol. The third-order valence-electron chi connectivity index (χ3n) is 5.15. The van der Waals surface area contributed by atoms with E-state index in [1.54, 1.807) is 39.3 Å². The third kappa shape index (κ3) is 4.44. The molecule has 1 unspecified atom stereocenters. The molecule has 2 aromatic carbocycles. The Bertz CT molecular complexity index is 1020. The van der Waals surface area contributed by atoms with Crippen molar-refractivity contribution in [3.05, 3.63) is 70.8 Å². The summed E-state index contributed by atoms with van der Waals surface area (Å²) in [5.74, 6) is -0.205. The van der Waals surface area contributed by atoms with Crippen molar-refractivity contribution in [2.45, 2.75) is 25.5 Å². The molecule has 1 aliphatic heterocycles. The number of methoxy groups -OCH3 is 1. The molecule has 1 heterocycles. The van der Waals surface area contributed by atoms with E-state index < -0.39 is 12.2 Å². The van der Waals surface area contributed by atoms with Gasteiger partial charge in [0.15, 0.2) is 11.5 Å². The number of alkyl halides is 2. The van der Waals surface area contributed by atoms with Crippen LogP contribution in [0.3, 0.4) is 0 Å². The van der Waals surface area contributed by atoms with Crippen LogP contribution in [0.5, 0.6) is 5.75 Å². The van der Waals surface area contributed by atoms with Crippen molar-refractivity contribution >= 4 is 17.9 Å². The lowest BCUT2D eigenvalue weighted by molar-refractivity contribution is -0.129. The summed E-state index contributed by atoms with van der Waals surface area (Å²) in [5, 5.41) is 0. The lowest BCUT2D eigenvalue weighted by Gasteiger charge is -2.27. The molecule has 1 aliphatic rings. The average molecular weight is 429 g/mol. The van der Waals surface area contributed by atoms with Crippen LogP contribution in [0.25, 0.3) is 6.08 Å². The fourth-order valence-electron chi connectivity index (χ4n) is 3.56. The van der Waals surface area contributed by atoms with Gasteiger partial charge >= 0.3 is 6.61 Å². The number of rotatable bonds is 8. The van der Waals surface area contributed by atoms with E-state index >= 15 is 0 Å². The van der Waals surface area contributed by atoms with E-state index in [1.807, 2.05) is 30.4 Å². The summed E-state index contributed by atoms with van der Waals surface area (Å²) in [6.07, 6.45) is 4.68. The van der Waals surface area contributed by atoms with Crippen LogP contribution in [0.4, 0.5) is 8.78 Å². The van der Waals surface area contributed by atoms with Gasteiger partial charge in [-0.2, -0.15) is 8.78 Å². The molecule has 31 heavy (non-hydrogen) atoms. The number of guanidine groups is 1. The Balaban J connectivity index is 2.10.